The minimum Gasteiger partial charge on any atom is -0.326 e. The fraction of sp³-hybridized carbons (Fsp3) is 0.444. The van der Waals surface area contributed by atoms with Crippen LogP contribution in [-0.2, 0) is 4.79 Å². The number of carbonyl (C=O) groups excluding carboxylic acids is 1. The molecule has 1 amide bonds. The minimum atomic E-state index is 0.145. The van der Waals surface area contributed by atoms with Crippen molar-refractivity contribution in [3.63, 3.8) is 0 Å². The molecule has 0 spiro atoms. The second-order valence-electron chi connectivity index (χ2n) is 6.27. The Bertz CT molecular complexity index is 700. The van der Waals surface area contributed by atoms with Gasteiger partial charge in [0, 0.05) is 11.6 Å². The van der Waals surface area contributed by atoms with Crippen molar-refractivity contribution >= 4 is 23.2 Å². The van der Waals surface area contributed by atoms with Gasteiger partial charge in [-0.15, -0.1) is 0 Å². The first-order valence-corrected chi connectivity index (χ1v) is 8.57. The highest BCUT2D eigenvalue weighted by Gasteiger charge is 2.21. The molecule has 0 radical (unpaired) electrons. The van der Waals surface area contributed by atoms with E-state index in [0.717, 1.165) is 48.4 Å². The summed E-state index contributed by atoms with van der Waals surface area (Å²) in [5.41, 5.74) is 3.51. The molecule has 0 atom stereocenters. The lowest BCUT2D eigenvalue weighted by Gasteiger charge is -2.20. The molecule has 1 saturated carbocycles. The molecule has 5 heteroatoms. The molecule has 0 saturated heterocycles. The number of rotatable bonds is 3. The predicted molar refractivity (Wildman–Crippen MR) is 93.3 cm³/mol. The highest BCUT2D eigenvalue weighted by molar-refractivity contribution is 6.31. The first kappa shape index (κ1) is 16.1. The third kappa shape index (κ3) is 3.42. The fourth-order valence-corrected chi connectivity index (χ4v) is 3.29. The summed E-state index contributed by atoms with van der Waals surface area (Å²) in [7, 11) is 0. The van der Waals surface area contributed by atoms with Crippen LogP contribution in [0.2, 0.25) is 5.02 Å². The molecule has 0 unspecified atom stereocenters. The summed E-state index contributed by atoms with van der Waals surface area (Å²) in [6, 6.07) is 7.74. The van der Waals surface area contributed by atoms with Gasteiger partial charge in [0.2, 0.25) is 5.91 Å². The zero-order valence-electron chi connectivity index (χ0n) is 13.6. The van der Waals surface area contributed by atoms with Crippen LogP contribution in [0.3, 0.4) is 0 Å². The molecule has 1 N–H and O–H groups in total. The van der Waals surface area contributed by atoms with Crippen LogP contribution < -0.4 is 5.32 Å². The summed E-state index contributed by atoms with van der Waals surface area (Å²) in [5, 5.41) is 8.16. The summed E-state index contributed by atoms with van der Waals surface area (Å²) in [6.45, 7) is 3.84. The van der Waals surface area contributed by atoms with E-state index in [1.54, 1.807) is 0 Å². The van der Waals surface area contributed by atoms with Gasteiger partial charge in [-0.25, -0.2) is 4.68 Å². The molecule has 2 aromatic rings. The van der Waals surface area contributed by atoms with E-state index in [1.165, 1.54) is 6.42 Å². The van der Waals surface area contributed by atoms with E-state index in [-0.39, 0.29) is 11.8 Å². The van der Waals surface area contributed by atoms with Crippen molar-refractivity contribution in [1.29, 1.82) is 0 Å². The van der Waals surface area contributed by atoms with Gasteiger partial charge >= 0.3 is 0 Å². The van der Waals surface area contributed by atoms with Crippen molar-refractivity contribution in [2.75, 3.05) is 5.32 Å². The van der Waals surface area contributed by atoms with E-state index in [2.05, 4.69) is 10.4 Å². The van der Waals surface area contributed by atoms with Crippen LogP contribution in [-0.4, -0.2) is 15.7 Å². The monoisotopic (exact) mass is 331 g/mol. The first-order valence-electron chi connectivity index (χ1n) is 8.19. The summed E-state index contributed by atoms with van der Waals surface area (Å²) in [6.07, 6.45) is 5.59. The van der Waals surface area contributed by atoms with Gasteiger partial charge in [-0.3, -0.25) is 4.79 Å². The van der Waals surface area contributed by atoms with Gasteiger partial charge in [0.15, 0.2) is 0 Å². The Kier molecular flexibility index (Phi) is 4.71. The van der Waals surface area contributed by atoms with Gasteiger partial charge in [0.25, 0.3) is 0 Å². The van der Waals surface area contributed by atoms with Crippen LogP contribution in [0.15, 0.2) is 24.3 Å². The van der Waals surface area contributed by atoms with Gasteiger partial charge in [0.1, 0.15) is 0 Å². The smallest absolute Gasteiger partial charge is 0.227 e. The first-order chi connectivity index (χ1) is 11.1. The Hall–Kier alpha value is -1.81. The van der Waals surface area contributed by atoms with Gasteiger partial charge in [-0.2, -0.15) is 5.10 Å². The lowest BCUT2D eigenvalue weighted by Crippen LogP contribution is -2.24. The standard InChI is InChI=1S/C18H22ClN3O/c1-12-17(19)13(2)22(21-12)16-10-8-15(9-11-16)20-18(23)14-6-4-3-5-7-14/h8-11,14H,3-7H2,1-2H3,(H,20,23). The molecule has 1 heterocycles. The van der Waals surface area contributed by atoms with Crippen molar-refractivity contribution < 1.29 is 4.79 Å². The van der Waals surface area contributed by atoms with Crippen LogP contribution in [0.5, 0.6) is 0 Å². The average Bonchev–Trinajstić information content (AvgIpc) is 2.84. The largest absolute Gasteiger partial charge is 0.326 e. The van der Waals surface area contributed by atoms with Crippen molar-refractivity contribution in [2.24, 2.45) is 5.92 Å². The molecule has 1 aliphatic carbocycles. The van der Waals surface area contributed by atoms with Gasteiger partial charge < -0.3 is 5.32 Å². The molecule has 1 aromatic heterocycles. The van der Waals surface area contributed by atoms with E-state index < -0.39 is 0 Å². The summed E-state index contributed by atoms with van der Waals surface area (Å²) in [5.74, 6) is 0.310. The number of aryl methyl sites for hydroxylation is 1. The number of hydrogen-bond acceptors (Lipinski definition) is 2. The second kappa shape index (κ2) is 6.75. The summed E-state index contributed by atoms with van der Waals surface area (Å²) in [4.78, 5) is 12.3. The van der Waals surface area contributed by atoms with Crippen molar-refractivity contribution in [3.05, 3.63) is 40.7 Å². The minimum absolute atomic E-state index is 0.145. The van der Waals surface area contributed by atoms with Crippen LogP contribution in [0.4, 0.5) is 5.69 Å². The molecule has 0 bridgehead atoms. The summed E-state index contributed by atoms with van der Waals surface area (Å²) < 4.78 is 1.82. The molecular weight excluding hydrogens is 310 g/mol. The second-order valence-corrected chi connectivity index (χ2v) is 6.65. The van der Waals surface area contributed by atoms with Gasteiger partial charge in [0.05, 0.1) is 22.1 Å². The number of nitrogens with one attached hydrogen (secondary N) is 1. The zero-order valence-corrected chi connectivity index (χ0v) is 14.4. The maximum absolute atomic E-state index is 12.3. The van der Waals surface area contributed by atoms with E-state index in [0.29, 0.717) is 5.02 Å². The fourth-order valence-electron chi connectivity index (χ4n) is 3.17. The summed E-state index contributed by atoms with van der Waals surface area (Å²) >= 11 is 6.19. The molecule has 23 heavy (non-hydrogen) atoms. The average molecular weight is 332 g/mol. The van der Waals surface area contributed by atoms with Crippen LogP contribution in [0.25, 0.3) is 5.69 Å². The van der Waals surface area contributed by atoms with Crippen molar-refractivity contribution in [1.82, 2.24) is 9.78 Å². The number of amides is 1. The van der Waals surface area contributed by atoms with E-state index in [9.17, 15) is 4.79 Å². The highest BCUT2D eigenvalue weighted by Crippen LogP contribution is 2.26. The Balaban J connectivity index is 1.71. The number of aromatic nitrogens is 2. The molecule has 3 rings (SSSR count). The lowest BCUT2D eigenvalue weighted by molar-refractivity contribution is -0.120. The SMILES string of the molecule is Cc1nn(-c2ccc(NC(=O)C3CCCCC3)cc2)c(C)c1Cl. The Morgan fingerprint density at radius 1 is 1.17 bits per heavy atom. The van der Waals surface area contributed by atoms with Crippen molar-refractivity contribution in [2.45, 2.75) is 46.0 Å². The Morgan fingerprint density at radius 2 is 1.83 bits per heavy atom. The lowest BCUT2D eigenvalue weighted by atomic mass is 9.88. The number of halogens is 1. The molecule has 4 nitrogen and oxygen atoms in total. The molecule has 1 aliphatic rings. The molecule has 1 aromatic carbocycles. The van der Waals surface area contributed by atoms with E-state index in [4.69, 9.17) is 11.6 Å². The molecular formula is C18H22ClN3O. The molecule has 122 valence electrons. The molecule has 1 fully saturated rings. The van der Waals surface area contributed by atoms with Gasteiger partial charge in [-0.1, -0.05) is 30.9 Å². The number of benzene rings is 1. The topological polar surface area (TPSA) is 46.9 Å². The number of anilines is 1. The third-order valence-electron chi connectivity index (χ3n) is 4.56. The number of hydrogen-bond donors (Lipinski definition) is 1. The quantitative estimate of drug-likeness (QED) is 0.889. The molecule has 0 aliphatic heterocycles. The highest BCUT2D eigenvalue weighted by atomic mass is 35.5. The van der Waals surface area contributed by atoms with Crippen LogP contribution in [0, 0.1) is 19.8 Å². The predicted octanol–water partition coefficient (Wildman–Crippen LogP) is 4.66. The van der Waals surface area contributed by atoms with E-state index >= 15 is 0 Å². The van der Waals surface area contributed by atoms with Crippen LogP contribution >= 0.6 is 11.6 Å². The maximum Gasteiger partial charge on any atom is 0.227 e. The van der Waals surface area contributed by atoms with Crippen LogP contribution in [0.1, 0.15) is 43.5 Å². The van der Waals surface area contributed by atoms with Crippen molar-refractivity contribution in [3.8, 4) is 5.69 Å². The number of carbonyl (C=O) groups is 1. The number of nitrogens with zero attached hydrogens (tertiary/aromatic N) is 2. The zero-order chi connectivity index (χ0) is 16.4. The Morgan fingerprint density at radius 3 is 2.39 bits per heavy atom. The Labute approximate surface area is 141 Å². The van der Waals surface area contributed by atoms with E-state index in [1.807, 2.05) is 42.8 Å². The third-order valence-corrected chi connectivity index (χ3v) is 5.11. The maximum atomic E-state index is 12.3. The normalized spacial score (nSPS) is 15.6. The van der Waals surface area contributed by atoms with Gasteiger partial charge in [-0.05, 0) is 51.0 Å².